The number of fused-ring (bicyclic) bond motifs is 5. The Hall–Kier alpha value is -3.51. The number of hydrogen-bond acceptors (Lipinski definition) is 3. The van der Waals surface area contributed by atoms with Crippen molar-refractivity contribution in [3.8, 4) is 10.8 Å². The van der Waals surface area contributed by atoms with Crippen LogP contribution >= 0.6 is 11.3 Å². The van der Waals surface area contributed by atoms with E-state index in [4.69, 9.17) is 4.74 Å². The van der Waals surface area contributed by atoms with Crippen LogP contribution in [0.3, 0.4) is 0 Å². The second kappa shape index (κ2) is 9.51. The van der Waals surface area contributed by atoms with Crippen LogP contribution < -0.4 is 10.1 Å². The van der Waals surface area contributed by atoms with Gasteiger partial charge in [0.25, 0.3) is 0 Å². The first-order chi connectivity index (χ1) is 17.7. The van der Waals surface area contributed by atoms with E-state index >= 15 is 0 Å². The van der Waals surface area contributed by atoms with Gasteiger partial charge in [-0.3, -0.25) is 0 Å². The predicted molar refractivity (Wildman–Crippen MR) is 146 cm³/mol. The van der Waals surface area contributed by atoms with Crippen molar-refractivity contribution in [2.75, 3.05) is 12.4 Å². The summed E-state index contributed by atoms with van der Waals surface area (Å²) >= 11 is 1.91. The maximum absolute atomic E-state index is 14.1. The van der Waals surface area contributed by atoms with Crippen molar-refractivity contribution in [2.24, 2.45) is 0 Å². The molecule has 2 aliphatic rings. The van der Waals surface area contributed by atoms with Gasteiger partial charge in [-0.25, -0.2) is 4.79 Å². The molecule has 2 aromatic carbocycles. The summed E-state index contributed by atoms with van der Waals surface area (Å²) in [4.78, 5) is 17.6. The fourth-order valence-electron chi connectivity index (χ4n) is 5.61. The first kappa shape index (κ1) is 22.9. The van der Waals surface area contributed by atoms with Crippen LogP contribution in [0.25, 0.3) is 5.00 Å². The largest absolute Gasteiger partial charge is 0.495 e. The quantitative estimate of drug-likeness (QED) is 0.326. The Morgan fingerprint density at radius 2 is 1.83 bits per heavy atom. The number of anilines is 1. The Kier molecular flexibility index (Phi) is 6.05. The molecule has 1 atom stereocenters. The number of nitrogens with one attached hydrogen (secondary N) is 1. The molecule has 0 fully saturated rings. The molecule has 1 N–H and O–H groups in total. The third kappa shape index (κ3) is 3.90. The van der Waals surface area contributed by atoms with E-state index in [0.717, 1.165) is 30.5 Å². The molecule has 1 aliphatic carbocycles. The molecule has 0 spiro atoms. The number of carbonyl (C=O) groups is 1. The van der Waals surface area contributed by atoms with Crippen molar-refractivity contribution in [2.45, 2.75) is 51.6 Å². The Morgan fingerprint density at radius 3 is 2.64 bits per heavy atom. The highest BCUT2D eigenvalue weighted by molar-refractivity contribution is 7.15. The number of nitrogens with zero attached hydrogens (tertiary/aromatic N) is 2. The Balaban J connectivity index is 1.49. The number of hydrogen-bond donors (Lipinski definition) is 1. The predicted octanol–water partition coefficient (Wildman–Crippen LogP) is 7.13. The van der Waals surface area contributed by atoms with Crippen LogP contribution in [0.1, 0.15) is 58.6 Å². The zero-order chi connectivity index (χ0) is 24.6. The van der Waals surface area contributed by atoms with Crippen LogP contribution in [0.15, 0.2) is 66.9 Å². The summed E-state index contributed by atoms with van der Waals surface area (Å²) in [5.41, 5.74) is 6.96. The molecule has 184 valence electrons. The van der Waals surface area contributed by atoms with E-state index in [1.165, 1.54) is 39.4 Å². The van der Waals surface area contributed by atoms with Gasteiger partial charge in [-0.1, -0.05) is 43.3 Å². The van der Waals surface area contributed by atoms with Crippen LogP contribution in [-0.2, 0) is 25.8 Å². The van der Waals surface area contributed by atoms with E-state index in [1.807, 2.05) is 40.5 Å². The maximum atomic E-state index is 14.1. The number of rotatable bonds is 4. The zero-order valence-electron chi connectivity index (χ0n) is 20.8. The molecule has 0 unspecified atom stereocenters. The highest BCUT2D eigenvalue weighted by atomic mass is 32.1. The molecule has 36 heavy (non-hydrogen) atoms. The monoisotopic (exact) mass is 497 g/mol. The molecule has 1 aliphatic heterocycles. The summed E-state index contributed by atoms with van der Waals surface area (Å²) in [5.74, 6) is 0.654. The minimum Gasteiger partial charge on any atom is -0.495 e. The lowest BCUT2D eigenvalue weighted by Crippen LogP contribution is -2.38. The number of urea groups is 1. The maximum Gasteiger partial charge on any atom is 0.323 e. The van der Waals surface area contributed by atoms with Crippen molar-refractivity contribution in [3.63, 3.8) is 0 Å². The molecule has 0 saturated heterocycles. The minimum atomic E-state index is -0.209. The standard InChI is InChI=1S/C30H31N3O2S/c1-3-20-14-16-21(17-15-20)28-25-11-8-18-32(25)29-23(22-9-4-7-13-27(22)36-29)19-33(28)30(34)31-24-10-5-6-12-26(24)35-2/h5-6,8,10-12,14-18,28H,3-4,7,9,13,19H2,1-2H3,(H,31,34)/t28-/m0/s1. The number of benzene rings is 2. The molecule has 0 saturated carbocycles. The van der Waals surface area contributed by atoms with Gasteiger partial charge in [0.1, 0.15) is 10.8 Å². The van der Waals surface area contributed by atoms with Crippen molar-refractivity contribution in [1.82, 2.24) is 9.47 Å². The van der Waals surface area contributed by atoms with Crippen molar-refractivity contribution < 1.29 is 9.53 Å². The summed E-state index contributed by atoms with van der Waals surface area (Å²) in [6.07, 6.45) is 7.84. The van der Waals surface area contributed by atoms with Gasteiger partial charge in [0, 0.05) is 16.6 Å². The molecular weight excluding hydrogens is 466 g/mol. The number of thiophene rings is 1. The van der Waals surface area contributed by atoms with Gasteiger partial charge in [0.2, 0.25) is 0 Å². The average Bonchev–Trinajstić information content (AvgIpc) is 3.51. The highest BCUT2D eigenvalue weighted by Crippen LogP contribution is 2.44. The van der Waals surface area contributed by atoms with Gasteiger partial charge in [-0.05, 0) is 73.1 Å². The molecular formula is C30H31N3O2S. The molecule has 6 heteroatoms. The minimum absolute atomic E-state index is 0.125. The number of ether oxygens (including phenoxy) is 1. The normalized spacial score (nSPS) is 16.5. The van der Waals surface area contributed by atoms with E-state index in [0.29, 0.717) is 18.0 Å². The van der Waals surface area contributed by atoms with Gasteiger partial charge >= 0.3 is 6.03 Å². The lowest BCUT2D eigenvalue weighted by molar-refractivity contribution is 0.194. The van der Waals surface area contributed by atoms with Crippen LogP contribution in [0.4, 0.5) is 10.5 Å². The number of para-hydroxylation sites is 2. The smallest absolute Gasteiger partial charge is 0.323 e. The van der Waals surface area contributed by atoms with Crippen LogP contribution in [0.5, 0.6) is 5.75 Å². The molecule has 0 bridgehead atoms. The summed E-state index contributed by atoms with van der Waals surface area (Å²) in [7, 11) is 1.63. The van der Waals surface area contributed by atoms with Crippen molar-refractivity contribution in [1.29, 1.82) is 0 Å². The molecule has 0 radical (unpaired) electrons. The number of aryl methyl sites for hydroxylation is 2. The van der Waals surface area contributed by atoms with Crippen molar-refractivity contribution >= 4 is 23.1 Å². The van der Waals surface area contributed by atoms with E-state index in [1.54, 1.807) is 7.11 Å². The number of methoxy groups -OCH3 is 1. The summed E-state index contributed by atoms with van der Waals surface area (Å²) < 4.78 is 7.85. The van der Waals surface area contributed by atoms with Gasteiger partial charge < -0.3 is 19.5 Å². The lowest BCUT2D eigenvalue weighted by Gasteiger charge is -2.31. The number of carbonyl (C=O) groups excluding carboxylic acids is 1. The topological polar surface area (TPSA) is 46.5 Å². The van der Waals surface area contributed by atoms with Gasteiger partial charge in [-0.2, -0.15) is 0 Å². The highest BCUT2D eigenvalue weighted by Gasteiger charge is 2.36. The van der Waals surface area contributed by atoms with Crippen LogP contribution in [0.2, 0.25) is 0 Å². The third-order valence-corrected chi connectivity index (χ3v) is 8.83. The molecule has 4 aromatic rings. The molecule has 5 nitrogen and oxygen atoms in total. The zero-order valence-corrected chi connectivity index (χ0v) is 21.6. The van der Waals surface area contributed by atoms with E-state index < -0.39 is 0 Å². The van der Waals surface area contributed by atoms with Crippen molar-refractivity contribution in [3.05, 3.63) is 99.7 Å². The van der Waals surface area contributed by atoms with Crippen LogP contribution in [0, 0.1) is 0 Å². The van der Waals surface area contributed by atoms with Gasteiger partial charge in [0.05, 0.1) is 31.1 Å². The summed E-state index contributed by atoms with van der Waals surface area (Å²) in [6.45, 7) is 2.74. The van der Waals surface area contributed by atoms with E-state index in [-0.39, 0.29) is 12.1 Å². The molecule has 6 rings (SSSR count). The first-order valence-corrected chi connectivity index (χ1v) is 13.6. The molecule has 2 amide bonds. The second-order valence-corrected chi connectivity index (χ2v) is 10.6. The number of amides is 2. The Morgan fingerprint density at radius 1 is 1.03 bits per heavy atom. The Bertz CT molecular complexity index is 1400. The summed E-state index contributed by atoms with van der Waals surface area (Å²) in [5, 5.41) is 4.43. The second-order valence-electron chi connectivity index (χ2n) is 9.55. The molecule has 2 aromatic heterocycles. The SMILES string of the molecule is CCc1ccc([C@H]2c3cccn3-c3sc4c(c3CN2C(=O)Nc2ccccc2OC)CCCC4)cc1. The number of aromatic nitrogens is 1. The summed E-state index contributed by atoms with van der Waals surface area (Å²) in [6, 6.07) is 20.2. The third-order valence-electron chi connectivity index (χ3n) is 7.49. The Labute approximate surface area is 216 Å². The fraction of sp³-hybridized carbons (Fsp3) is 0.300. The van der Waals surface area contributed by atoms with E-state index in [2.05, 4.69) is 59.4 Å². The van der Waals surface area contributed by atoms with Gasteiger partial charge in [-0.15, -0.1) is 11.3 Å². The van der Waals surface area contributed by atoms with Gasteiger partial charge in [0.15, 0.2) is 0 Å². The van der Waals surface area contributed by atoms with Crippen LogP contribution in [-0.4, -0.2) is 22.6 Å². The van der Waals surface area contributed by atoms with E-state index in [9.17, 15) is 4.79 Å². The molecule has 3 heterocycles. The lowest BCUT2D eigenvalue weighted by atomic mass is 9.95. The first-order valence-electron chi connectivity index (χ1n) is 12.8. The fourth-order valence-corrected chi connectivity index (χ4v) is 7.01. The average molecular weight is 498 g/mol.